The van der Waals surface area contributed by atoms with Crippen molar-refractivity contribution >= 4 is 22.8 Å². The Labute approximate surface area is 122 Å². The van der Waals surface area contributed by atoms with E-state index < -0.39 is 0 Å². The van der Waals surface area contributed by atoms with E-state index in [2.05, 4.69) is 9.88 Å². The molecule has 2 aromatic heterocycles. The summed E-state index contributed by atoms with van der Waals surface area (Å²) in [6.45, 7) is 6.80. The van der Waals surface area contributed by atoms with E-state index in [1.807, 2.05) is 6.07 Å². The fraction of sp³-hybridized carbons (Fsp3) is 0.467. The Morgan fingerprint density at radius 2 is 2.19 bits per heavy atom. The number of aromatic nitrogens is 1. The third-order valence-electron chi connectivity index (χ3n) is 3.58. The van der Waals surface area contributed by atoms with E-state index >= 15 is 0 Å². The van der Waals surface area contributed by atoms with Gasteiger partial charge in [0.25, 0.3) is 0 Å². The van der Waals surface area contributed by atoms with Crippen molar-refractivity contribution in [2.45, 2.75) is 13.8 Å². The summed E-state index contributed by atoms with van der Waals surface area (Å²) in [6, 6.07) is 1.91. The number of furan rings is 1. The minimum absolute atomic E-state index is 0.331. The molecular weight excluding hydrogens is 272 g/mol. The van der Waals surface area contributed by atoms with Gasteiger partial charge in [-0.3, -0.25) is 0 Å². The maximum absolute atomic E-state index is 12.2. The molecule has 0 N–H and O–H groups in total. The van der Waals surface area contributed by atoms with Gasteiger partial charge in [-0.05, 0) is 19.9 Å². The zero-order chi connectivity index (χ0) is 14.8. The van der Waals surface area contributed by atoms with Gasteiger partial charge in [0.1, 0.15) is 11.3 Å². The number of esters is 1. The first-order chi connectivity index (χ1) is 10.2. The Kier molecular flexibility index (Phi) is 3.79. The van der Waals surface area contributed by atoms with Gasteiger partial charge in [-0.25, -0.2) is 9.78 Å². The molecule has 0 amide bonds. The average Bonchev–Trinajstić information content (AvgIpc) is 2.84. The SMILES string of the molecule is CCOC(=O)c1c(C)oc2nccc(N3CCOCC3)c12. The molecule has 6 heteroatoms. The fourth-order valence-electron chi connectivity index (χ4n) is 2.63. The third-order valence-corrected chi connectivity index (χ3v) is 3.58. The van der Waals surface area contributed by atoms with Crippen molar-refractivity contribution in [3.05, 3.63) is 23.6 Å². The molecule has 2 aromatic rings. The number of rotatable bonds is 3. The summed E-state index contributed by atoms with van der Waals surface area (Å²) in [5, 5.41) is 0.732. The van der Waals surface area contributed by atoms with Crippen molar-refractivity contribution in [1.82, 2.24) is 4.98 Å². The van der Waals surface area contributed by atoms with Crippen molar-refractivity contribution in [3.8, 4) is 0 Å². The van der Waals surface area contributed by atoms with Gasteiger partial charge in [-0.15, -0.1) is 0 Å². The monoisotopic (exact) mass is 290 g/mol. The van der Waals surface area contributed by atoms with Crippen LogP contribution in [0.15, 0.2) is 16.7 Å². The van der Waals surface area contributed by atoms with Gasteiger partial charge in [-0.1, -0.05) is 0 Å². The molecule has 1 saturated heterocycles. The van der Waals surface area contributed by atoms with Gasteiger partial charge in [0.2, 0.25) is 5.71 Å². The van der Waals surface area contributed by atoms with Crippen molar-refractivity contribution < 1.29 is 18.7 Å². The molecule has 112 valence electrons. The first kappa shape index (κ1) is 13.9. The molecule has 0 bridgehead atoms. The summed E-state index contributed by atoms with van der Waals surface area (Å²) in [5.41, 5.74) is 1.89. The largest absolute Gasteiger partial charge is 0.462 e. The van der Waals surface area contributed by atoms with Crippen LogP contribution < -0.4 is 4.90 Å². The standard InChI is InChI=1S/C15H18N2O4/c1-3-20-15(18)12-10(2)21-14-13(12)11(4-5-16-14)17-6-8-19-9-7-17/h4-5H,3,6-9H2,1-2H3. The van der Waals surface area contributed by atoms with Crippen LogP contribution in [0, 0.1) is 6.92 Å². The van der Waals surface area contributed by atoms with Crippen LogP contribution in [0.25, 0.3) is 11.1 Å². The maximum atomic E-state index is 12.2. The highest BCUT2D eigenvalue weighted by molar-refractivity contribution is 6.08. The Hall–Kier alpha value is -2.08. The minimum atomic E-state index is -0.365. The number of pyridine rings is 1. The Morgan fingerprint density at radius 1 is 1.43 bits per heavy atom. The van der Waals surface area contributed by atoms with E-state index in [9.17, 15) is 4.79 Å². The van der Waals surface area contributed by atoms with Crippen molar-refractivity contribution in [1.29, 1.82) is 0 Å². The van der Waals surface area contributed by atoms with Crippen LogP contribution in [-0.4, -0.2) is 43.9 Å². The molecule has 21 heavy (non-hydrogen) atoms. The lowest BCUT2D eigenvalue weighted by Gasteiger charge is -2.29. The molecule has 0 unspecified atom stereocenters. The molecule has 6 nitrogen and oxygen atoms in total. The van der Waals surface area contributed by atoms with Crippen LogP contribution in [-0.2, 0) is 9.47 Å². The van der Waals surface area contributed by atoms with E-state index in [-0.39, 0.29) is 5.97 Å². The van der Waals surface area contributed by atoms with Crippen molar-refractivity contribution in [3.63, 3.8) is 0 Å². The van der Waals surface area contributed by atoms with E-state index in [1.165, 1.54) is 0 Å². The summed E-state index contributed by atoms with van der Waals surface area (Å²) < 4.78 is 16.2. The first-order valence-corrected chi connectivity index (χ1v) is 7.10. The van der Waals surface area contributed by atoms with Crippen LogP contribution in [0.4, 0.5) is 5.69 Å². The van der Waals surface area contributed by atoms with Crippen molar-refractivity contribution in [2.24, 2.45) is 0 Å². The highest BCUT2D eigenvalue weighted by Gasteiger charge is 2.25. The quantitative estimate of drug-likeness (QED) is 0.807. The van der Waals surface area contributed by atoms with E-state index in [1.54, 1.807) is 20.0 Å². The second-order valence-electron chi connectivity index (χ2n) is 4.86. The lowest BCUT2D eigenvalue weighted by atomic mass is 10.1. The topological polar surface area (TPSA) is 64.8 Å². The number of fused-ring (bicyclic) bond motifs is 1. The van der Waals surface area contributed by atoms with E-state index in [0.29, 0.717) is 36.9 Å². The Morgan fingerprint density at radius 3 is 2.90 bits per heavy atom. The summed E-state index contributed by atoms with van der Waals surface area (Å²) in [4.78, 5) is 18.6. The summed E-state index contributed by atoms with van der Waals surface area (Å²) in [7, 11) is 0. The lowest BCUT2D eigenvalue weighted by molar-refractivity contribution is 0.0526. The minimum Gasteiger partial charge on any atom is -0.462 e. The van der Waals surface area contributed by atoms with Crippen LogP contribution >= 0.6 is 0 Å². The molecule has 0 aliphatic carbocycles. The predicted molar refractivity (Wildman–Crippen MR) is 77.7 cm³/mol. The van der Waals surface area contributed by atoms with Crippen LogP contribution in [0.1, 0.15) is 23.0 Å². The number of nitrogens with zero attached hydrogens (tertiary/aromatic N) is 2. The zero-order valence-corrected chi connectivity index (χ0v) is 12.2. The van der Waals surface area contributed by atoms with Gasteiger partial charge in [0, 0.05) is 19.3 Å². The first-order valence-electron chi connectivity index (χ1n) is 7.10. The lowest BCUT2D eigenvalue weighted by Crippen LogP contribution is -2.36. The Bertz CT molecular complexity index is 659. The van der Waals surface area contributed by atoms with Gasteiger partial charge < -0.3 is 18.8 Å². The maximum Gasteiger partial charge on any atom is 0.342 e. The molecule has 1 aliphatic heterocycles. The molecule has 3 rings (SSSR count). The second kappa shape index (κ2) is 5.73. The highest BCUT2D eigenvalue weighted by atomic mass is 16.5. The number of carbonyl (C=O) groups excluding carboxylic acids is 1. The number of hydrogen-bond donors (Lipinski definition) is 0. The molecule has 0 atom stereocenters. The number of anilines is 1. The molecule has 3 heterocycles. The number of carbonyl (C=O) groups is 1. The van der Waals surface area contributed by atoms with Crippen LogP contribution in [0.2, 0.25) is 0 Å². The van der Waals surface area contributed by atoms with Crippen molar-refractivity contribution in [2.75, 3.05) is 37.8 Å². The normalized spacial score (nSPS) is 15.4. The molecule has 1 fully saturated rings. The molecule has 0 spiro atoms. The molecule has 0 aromatic carbocycles. The number of morpholine rings is 1. The summed E-state index contributed by atoms with van der Waals surface area (Å²) >= 11 is 0. The number of hydrogen-bond acceptors (Lipinski definition) is 6. The molecule has 0 radical (unpaired) electrons. The number of aryl methyl sites for hydroxylation is 1. The predicted octanol–water partition coefficient (Wildman–Crippen LogP) is 2.15. The van der Waals surface area contributed by atoms with Gasteiger partial charge in [0.15, 0.2) is 0 Å². The smallest absolute Gasteiger partial charge is 0.342 e. The van der Waals surface area contributed by atoms with Gasteiger partial charge in [0.05, 0.1) is 30.9 Å². The molecule has 1 aliphatic rings. The van der Waals surface area contributed by atoms with Crippen LogP contribution in [0.3, 0.4) is 0 Å². The second-order valence-corrected chi connectivity index (χ2v) is 4.86. The zero-order valence-electron chi connectivity index (χ0n) is 12.2. The average molecular weight is 290 g/mol. The number of ether oxygens (including phenoxy) is 2. The molecule has 0 saturated carbocycles. The highest BCUT2D eigenvalue weighted by Crippen LogP contribution is 2.33. The molecular formula is C15H18N2O4. The van der Waals surface area contributed by atoms with Crippen LogP contribution in [0.5, 0.6) is 0 Å². The van der Waals surface area contributed by atoms with E-state index in [4.69, 9.17) is 13.9 Å². The van der Waals surface area contributed by atoms with E-state index in [0.717, 1.165) is 24.2 Å². The fourth-order valence-corrected chi connectivity index (χ4v) is 2.63. The summed E-state index contributed by atoms with van der Waals surface area (Å²) in [5.74, 6) is 0.174. The van der Waals surface area contributed by atoms with Gasteiger partial charge >= 0.3 is 5.97 Å². The van der Waals surface area contributed by atoms with Gasteiger partial charge in [-0.2, -0.15) is 0 Å². The Balaban J connectivity index is 2.13. The summed E-state index contributed by atoms with van der Waals surface area (Å²) in [6.07, 6.45) is 1.70. The third kappa shape index (κ3) is 2.47.